The van der Waals surface area contributed by atoms with Gasteiger partial charge < -0.3 is 9.84 Å². The molecular formula is C14H17N3O3. The standard InChI is InChI=1S/C14H17N3O3/c1-8(18)17(16)12-10-6-9(7-15)4-5-11(10)20-14(2,3)13(12)19/h4-6,12-13,19H,16H2,1-3H3. The summed E-state index contributed by atoms with van der Waals surface area (Å²) >= 11 is 0. The Morgan fingerprint density at radius 3 is 2.75 bits per heavy atom. The summed E-state index contributed by atoms with van der Waals surface area (Å²) in [6, 6.07) is 6.13. The maximum Gasteiger partial charge on any atom is 0.234 e. The van der Waals surface area contributed by atoms with Gasteiger partial charge >= 0.3 is 0 Å². The van der Waals surface area contributed by atoms with Crippen molar-refractivity contribution in [2.24, 2.45) is 5.84 Å². The van der Waals surface area contributed by atoms with E-state index in [0.717, 1.165) is 5.01 Å². The number of nitrogens with zero attached hydrogens (tertiary/aromatic N) is 2. The second-order valence-electron chi connectivity index (χ2n) is 5.39. The Bertz CT molecular complexity index is 592. The Morgan fingerprint density at radius 1 is 1.55 bits per heavy atom. The Kier molecular flexibility index (Phi) is 3.42. The topological polar surface area (TPSA) is 99.6 Å². The van der Waals surface area contributed by atoms with Crippen LogP contribution in [0.25, 0.3) is 0 Å². The summed E-state index contributed by atoms with van der Waals surface area (Å²) in [7, 11) is 0. The van der Waals surface area contributed by atoms with Crippen LogP contribution in [0.3, 0.4) is 0 Å². The predicted octanol–water partition coefficient (Wildman–Crippen LogP) is 0.853. The number of amides is 1. The molecule has 1 aromatic rings. The molecule has 2 unspecified atom stereocenters. The molecule has 6 nitrogen and oxygen atoms in total. The molecule has 0 radical (unpaired) electrons. The third-order valence-corrected chi connectivity index (χ3v) is 3.51. The minimum absolute atomic E-state index is 0.375. The third kappa shape index (κ3) is 2.22. The summed E-state index contributed by atoms with van der Waals surface area (Å²) in [6.07, 6.45) is -1.00. The Labute approximate surface area is 117 Å². The number of hydrogen-bond acceptors (Lipinski definition) is 5. The maximum absolute atomic E-state index is 11.5. The van der Waals surface area contributed by atoms with E-state index in [0.29, 0.717) is 16.9 Å². The minimum Gasteiger partial charge on any atom is -0.485 e. The summed E-state index contributed by atoms with van der Waals surface area (Å²) in [5, 5.41) is 20.4. The van der Waals surface area contributed by atoms with Gasteiger partial charge in [-0.1, -0.05) is 0 Å². The number of ether oxygens (including phenoxy) is 1. The summed E-state index contributed by atoms with van der Waals surface area (Å²) in [4.78, 5) is 11.5. The number of aliphatic hydroxyl groups is 1. The van der Waals surface area contributed by atoms with Gasteiger partial charge in [0.05, 0.1) is 11.6 Å². The first-order valence-electron chi connectivity index (χ1n) is 6.23. The lowest BCUT2D eigenvalue weighted by Crippen LogP contribution is -2.56. The number of aliphatic hydroxyl groups excluding tert-OH is 1. The molecule has 0 fully saturated rings. The highest BCUT2D eigenvalue weighted by molar-refractivity contribution is 5.73. The first-order valence-corrected chi connectivity index (χ1v) is 6.23. The summed E-state index contributed by atoms with van der Waals surface area (Å²) in [5.41, 5.74) is 0.0635. The Balaban J connectivity index is 2.60. The molecule has 1 aliphatic heterocycles. The fourth-order valence-electron chi connectivity index (χ4n) is 2.33. The van der Waals surface area contributed by atoms with E-state index in [9.17, 15) is 9.90 Å². The molecule has 0 saturated carbocycles. The van der Waals surface area contributed by atoms with Crippen molar-refractivity contribution >= 4 is 5.91 Å². The molecule has 0 aliphatic carbocycles. The molecule has 1 heterocycles. The van der Waals surface area contributed by atoms with Crippen molar-refractivity contribution in [3.63, 3.8) is 0 Å². The highest BCUT2D eigenvalue weighted by Gasteiger charge is 2.45. The van der Waals surface area contributed by atoms with Gasteiger partial charge in [-0.05, 0) is 32.0 Å². The molecule has 1 aromatic carbocycles. The highest BCUT2D eigenvalue weighted by atomic mass is 16.5. The normalized spacial score (nSPS) is 23.2. The van der Waals surface area contributed by atoms with E-state index < -0.39 is 17.7 Å². The number of hydrazine groups is 1. The third-order valence-electron chi connectivity index (χ3n) is 3.51. The van der Waals surface area contributed by atoms with E-state index >= 15 is 0 Å². The van der Waals surface area contributed by atoms with Crippen molar-refractivity contribution in [2.75, 3.05) is 0 Å². The SMILES string of the molecule is CC(=O)N(N)C1c2cc(C#N)ccc2OC(C)(C)C1O. The Morgan fingerprint density at radius 2 is 2.20 bits per heavy atom. The molecule has 0 bridgehead atoms. The molecule has 0 saturated heterocycles. The molecule has 2 rings (SSSR count). The lowest BCUT2D eigenvalue weighted by atomic mass is 9.85. The largest absolute Gasteiger partial charge is 0.485 e. The fourth-order valence-corrected chi connectivity index (χ4v) is 2.33. The summed E-state index contributed by atoms with van der Waals surface area (Å²) in [5.74, 6) is 5.93. The number of nitriles is 1. The second kappa shape index (κ2) is 4.78. The number of carbonyl (C=O) groups excluding carboxylic acids is 1. The maximum atomic E-state index is 11.5. The van der Waals surface area contributed by atoms with E-state index in [4.69, 9.17) is 15.8 Å². The van der Waals surface area contributed by atoms with Crippen LogP contribution >= 0.6 is 0 Å². The summed E-state index contributed by atoms with van der Waals surface area (Å²) < 4.78 is 5.74. The highest BCUT2D eigenvalue weighted by Crippen LogP contribution is 2.42. The van der Waals surface area contributed by atoms with Crippen molar-refractivity contribution < 1.29 is 14.6 Å². The molecule has 2 atom stereocenters. The molecular weight excluding hydrogens is 258 g/mol. The zero-order valence-electron chi connectivity index (χ0n) is 11.6. The molecule has 3 N–H and O–H groups in total. The number of nitrogens with two attached hydrogens (primary N) is 1. The van der Waals surface area contributed by atoms with Crippen LogP contribution in [0.1, 0.15) is 37.9 Å². The van der Waals surface area contributed by atoms with Crippen molar-refractivity contribution in [1.82, 2.24) is 5.01 Å². The van der Waals surface area contributed by atoms with Crippen LogP contribution in [0.15, 0.2) is 18.2 Å². The van der Waals surface area contributed by atoms with Crippen molar-refractivity contribution in [1.29, 1.82) is 5.26 Å². The predicted molar refractivity (Wildman–Crippen MR) is 71.3 cm³/mol. The molecule has 0 spiro atoms. The quantitative estimate of drug-likeness (QED) is 0.450. The van der Waals surface area contributed by atoms with E-state index in [1.54, 1.807) is 32.0 Å². The average molecular weight is 275 g/mol. The van der Waals surface area contributed by atoms with Crippen molar-refractivity contribution in [3.8, 4) is 11.8 Å². The molecule has 1 aliphatic rings. The number of benzene rings is 1. The molecule has 20 heavy (non-hydrogen) atoms. The fraction of sp³-hybridized carbons (Fsp3) is 0.429. The van der Waals surface area contributed by atoms with E-state index in [2.05, 4.69) is 0 Å². The lowest BCUT2D eigenvalue weighted by Gasteiger charge is -2.44. The van der Waals surface area contributed by atoms with Crippen LogP contribution in [-0.4, -0.2) is 27.7 Å². The smallest absolute Gasteiger partial charge is 0.234 e. The van der Waals surface area contributed by atoms with Gasteiger partial charge in [-0.2, -0.15) is 5.26 Å². The van der Waals surface area contributed by atoms with Crippen LogP contribution in [0.4, 0.5) is 0 Å². The van der Waals surface area contributed by atoms with Gasteiger partial charge in [-0.25, -0.2) is 5.84 Å². The monoisotopic (exact) mass is 275 g/mol. The molecule has 6 heteroatoms. The Hall–Kier alpha value is -2.10. The zero-order valence-corrected chi connectivity index (χ0v) is 11.6. The minimum atomic E-state index is -1.00. The van der Waals surface area contributed by atoms with Crippen LogP contribution in [0.2, 0.25) is 0 Å². The van der Waals surface area contributed by atoms with Crippen LogP contribution in [0.5, 0.6) is 5.75 Å². The van der Waals surface area contributed by atoms with E-state index in [-0.39, 0.29) is 5.91 Å². The van der Waals surface area contributed by atoms with Crippen LogP contribution in [-0.2, 0) is 4.79 Å². The number of fused-ring (bicyclic) bond motifs is 1. The van der Waals surface area contributed by atoms with Gasteiger partial charge in [0.25, 0.3) is 0 Å². The first kappa shape index (κ1) is 14.3. The van der Waals surface area contributed by atoms with E-state index in [1.165, 1.54) is 6.92 Å². The first-order chi connectivity index (χ1) is 9.27. The number of hydrogen-bond donors (Lipinski definition) is 2. The van der Waals surface area contributed by atoms with Crippen LogP contribution in [0, 0.1) is 11.3 Å². The van der Waals surface area contributed by atoms with Gasteiger partial charge in [-0.15, -0.1) is 0 Å². The number of rotatable bonds is 1. The molecule has 1 amide bonds. The van der Waals surface area contributed by atoms with E-state index in [1.807, 2.05) is 6.07 Å². The molecule has 0 aromatic heterocycles. The van der Waals surface area contributed by atoms with Gasteiger partial charge in [0.2, 0.25) is 5.91 Å². The average Bonchev–Trinajstić information content (AvgIpc) is 2.38. The van der Waals surface area contributed by atoms with Gasteiger partial charge in [-0.3, -0.25) is 9.80 Å². The zero-order chi connectivity index (χ0) is 15.1. The molecule has 106 valence electrons. The van der Waals surface area contributed by atoms with Gasteiger partial charge in [0.1, 0.15) is 23.5 Å². The van der Waals surface area contributed by atoms with Crippen LogP contribution < -0.4 is 10.6 Å². The van der Waals surface area contributed by atoms with Gasteiger partial charge in [0.15, 0.2) is 0 Å². The van der Waals surface area contributed by atoms with Crippen molar-refractivity contribution in [3.05, 3.63) is 29.3 Å². The lowest BCUT2D eigenvalue weighted by molar-refractivity contribution is -0.142. The number of carbonyl (C=O) groups is 1. The van der Waals surface area contributed by atoms with Crippen molar-refractivity contribution in [2.45, 2.75) is 38.5 Å². The summed E-state index contributed by atoms with van der Waals surface area (Å²) in [6.45, 7) is 4.77. The second-order valence-corrected chi connectivity index (χ2v) is 5.39. The van der Waals surface area contributed by atoms with Gasteiger partial charge in [0, 0.05) is 12.5 Å².